The van der Waals surface area contributed by atoms with Gasteiger partial charge in [0.15, 0.2) is 0 Å². The number of β-amino-alcohol motifs (C(OH)–C–C–N with tert-alkyl or cyclic N) is 1. The SMILES string of the molecule is Cc1ccc(-c2cc(C(=O)O)cc(C(=O)N3CC(O)C3)c2)c(C#N)c1. The lowest BCUT2D eigenvalue weighted by atomic mass is 9.94. The van der Waals surface area contributed by atoms with Crippen LogP contribution in [0.15, 0.2) is 36.4 Å². The van der Waals surface area contributed by atoms with E-state index in [1.165, 1.54) is 17.0 Å². The van der Waals surface area contributed by atoms with Gasteiger partial charge in [-0.15, -0.1) is 0 Å². The zero-order valence-electron chi connectivity index (χ0n) is 13.6. The highest BCUT2D eigenvalue weighted by atomic mass is 16.4. The molecule has 126 valence electrons. The Morgan fingerprint density at radius 3 is 2.44 bits per heavy atom. The monoisotopic (exact) mass is 336 g/mol. The van der Waals surface area contributed by atoms with E-state index in [-0.39, 0.29) is 30.1 Å². The van der Waals surface area contributed by atoms with Crippen LogP contribution < -0.4 is 0 Å². The van der Waals surface area contributed by atoms with E-state index in [9.17, 15) is 25.1 Å². The van der Waals surface area contributed by atoms with Gasteiger partial charge in [0, 0.05) is 18.7 Å². The maximum atomic E-state index is 12.5. The molecule has 0 radical (unpaired) electrons. The Morgan fingerprint density at radius 1 is 1.16 bits per heavy atom. The van der Waals surface area contributed by atoms with Gasteiger partial charge >= 0.3 is 5.97 Å². The number of aliphatic hydroxyl groups excluding tert-OH is 1. The summed E-state index contributed by atoms with van der Waals surface area (Å²) >= 11 is 0. The molecule has 0 saturated carbocycles. The molecule has 1 aliphatic rings. The van der Waals surface area contributed by atoms with Crippen molar-refractivity contribution >= 4 is 11.9 Å². The molecule has 2 aromatic carbocycles. The van der Waals surface area contributed by atoms with Crippen molar-refractivity contribution in [1.82, 2.24) is 4.90 Å². The van der Waals surface area contributed by atoms with Gasteiger partial charge in [-0.2, -0.15) is 5.26 Å². The van der Waals surface area contributed by atoms with Crippen LogP contribution in [0, 0.1) is 18.3 Å². The minimum Gasteiger partial charge on any atom is -0.478 e. The second kappa shape index (κ2) is 6.38. The lowest BCUT2D eigenvalue weighted by Crippen LogP contribution is -2.53. The number of carboxylic acid groups (broad SMARTS) is 1. The van der Waals surface area contributed by atoms with Crippen molar-refractivity contribution < 1.29 is 19.8 Å². The third kappa shape index (κ3) is 3.23. The van der Waals surface area contributed by atoms with Crippen LogP contribution in [0.5, 0.6) is 0 Å². The van der Waals surface area contributed by atoms with Crippen LogP contribution in [0.1, 0.15) is 31.8 Å². The Kier molecular flexibility index (Phi) is 4.26. The summed E-state index contributed by atoms with van der Waals surface area (Å²) in [6, 6.07) is 11.8. The molecule has 0 spiro atoms. The molecule has 0 bridgehead atoms. The maximum absolute atomic E-state index is 12.5. The summed E-state index contributed by atoms with van der Waals surface area (Å²) in [7, 11) is 0. The molecule has 1 fully saturated rings. The molecule has 0 unspecified atom stereocenters. The van der Waals surface area contributed by atoms with Crippen LogP contribution in [0.3, 0.4) is 0 Å². The van der Waals surface area contributed by atoms with Crippen molar-refractivity contribution in [2.45, 2.75) is 13.0 Å². The first kappa shape index (κ1) is 16.7. The first-order valence-corrected chi connectivity index (χ1v) is 7.76. The number of benzene rings is 2. The molecule has 1 saturated heterocycles. The smallest absolute Gasteiger partial charge is 0.335 e. The molecule has 6 nitrogen and oxygen atoms in total. The second-order valence-electron chi connectivity index (χ2n) is 6.13. The van der Waals surface area contributed by atoms with Crippen LogP contribution in [-0.2, 0) is 0 Å². The highest BCUT2D eigenvalue weighted by Gasteiger charge is 2.30. The molecular formula is C19H16N2O4. The molecule has 6 heteroatoms. The number of likely N-dealkylation sites (tertiary alicyclic amines) is 1. The second-order valence-corrected chi connectivity index (χ2v) is 6.13. The summed E-state index contributed by atoms with van der Waals surface area (Å²) in [5, 5.41) is 28.1. The van der Waals surface area contributed by atoms with E-state index >= 15 is 0 Å². The van der Waals surface area contributed by atoms with Gasteiger partial charge in [0.25, 0.3) is 5.91 Å². The number of nitrogens with zero attached hydrogens (tertiary/aromatic N) is 2. The van der Waals surface area contributed by atoms with Gasteiger partial charge in [0.2, 0.25) is 0 Å². The van der Waals surface area contributed by atoms with Crippen molar-refractivity contribution in [2.75, 3.05) is 13.1 Å². The van der Waals surface area contributed by atoms with Gasteiger partial charge in [0.05, 0.1) is 23.3 Å². The van der Waals surface area contributed by atoms with E-state index in [0.717, 1.165) is 5.56 Å². The predicted octanol–water partition coefficient (Wildman–Crippen LogP) is 2.05. The van der Waals surface area contributed by atoms with Crippen molar-refractivity contribution in [3.8, 4) is 17.2 Å². The van der Waals surface area contributed by atoms with Crippen LogP contribution in [0.2, 0.25) is 0 Å². The lowest BCUT2D eigenvalue weighted by Gasteiger charge is -2.36. The Hall–Kier alpha value is -3.17. The van der Waals surface area contributed by atoms with E-state index in [2.05, 4.69) is 6.07 Å². The molecule has 0 atom stereocenters. The zero-order chi connectivity index (χ0) is 18.1. The number of carbonyl (C=O) groups is 2. The van der Waals surface area contributed by atoms with Crippen molar-refractivity contribution in [1.29, 1.82) is 5.26 Å². The van der Waals surface area contributed by atoms with E-state index in [1.807, 2.05) is 13.0 Å². The quantitative estimate of drug-likeness (QED) is 0.893. The van der Waals surface area contributed by atoms with Gasteiger partial charge in [-0.1, -0.05) is 12.1 Å². The fraction of sp³-hybridized carbons (Fsp3) is 0.211. The first-order chi connectivity index (χ1) is 11.9. The topological polar surface area (TPSA) is 102 Å². The summed E-state index contributed by atoms with van der Waals surface area (Å²) in [5.74, 6) is -1.48. The average Bonchev–Trinajstić information content (AvgIpc) is 2.57. The van der Waals surface area contributed by atoms with Gasteiger partial charge in [-0.05, 0) is 47.9 Å². The molecule has 0 aromatic heterocycles. The molecule has 25 heavy (non-hydrogen) atoms. The average molecular weight is 336 g/mol. The number of carboxylic acids is 1. The third-order valence-electron chi connectivity index (χ3n) is 4.18. The summed E-state index contributed by atoms with van der Waals surface area (Å²) in [4.78, 5) is 25.4. The fourth-order valence-corrected chi connectivity index (χ4v) is 2.84. The first-order valence-electron chi connectivity index (χ1n) is 7.76. The number of amides is 1. The minimum atomic E-state index is -1.15. The van der Waals surface area contributed by atoms with Gasteiger partial charge < -0.3 is 15.1 Å². The number of rotatable bonds is 3. The van der Waals surface area contributed by atoms with Gasteiger partial charge in [0.1, 0.15) is 0 Å². The molecule has 1 amide bonds. The number of hydrogen-bond acceptors (Lipinski definition) is 4. The number of aromatic carboxylic acids is 1. The number of nitriles is 1. The highest BCUT2D eigenvalue weighted by molar-refractivity contribution is 6.00. The van der Waals surface area contributed by atoms with E-state index < -0.39 is 12.1 Å². The summed E-state index contributed by atoms with van der Waals surface area (Å²) in [5.41, 5.74) is 2.62. The van der Waals surface area contributed by atoms with Gasteiger partial charge in [-0.3, -0.25) is 4.79 Å². The molecule has 2 N–H and O–H groups in total. The molecule has 2 aromatic rings. The summed E-state index contributed by atoms with van der Waals surface area (Å²) in [6.07, 6.45) is -0.534. The van der Waals surface area contributed by atoms with Crippen LogP contribution in [0.25, 0.3) is 11.1 Å². The third-order valence-corrected chi connectivity index (χ3v) is 4.18. The normalized spacial score (nSPS) is 13.9. The maximum Gasteiger partial charge on any atom is 0.335 e. The Labute approximate surface area is 144 Å². The highest BCUT2D eigenvalue weighted by Crippen LogP contribution is 2.28. The number of hydrogen-bond donors (Lipinski definition) is 2. The van der Waals surface area contributed by atoms with Crippen LogP contribution in [0.4, 0.5) is 0 Å². The largest absolute Gasteiger partial charge is 0.478 e. The minimum absolute atomic E-state index is 0.0219. The van der Waals surface area contributed by atoms with Crippen molar-refractivity contribution in [3.05, 3.63) is 58.7 Å². The predicted molar refractivity (Wildman–Crippen MR) is 90.2 cm³/mol. The lowest BCUT2D eigenvalue weighted by molar-refractivity contribution is 0.00589. The van der Waals surface area contributed by atoms with Crippen LogP contribution in [-0.4, -0.2) is 46.2 Å². The standard InChI is InChI=1S/C19H16N2O4/c1-11-2-3-17(15(4-11)8-20)12-5-13(7-14(6-12)19(24)25)18(23)21-9-16(22)10-21/h2-7,16,22H,9-10H2,1H3,(H,24,25). The van der Waals surface area contributed by atoms with E-state index in [4.69, 9.17) is 0 Å². The molecule has 0 aliphatic carbocycles. The van der Waals surface area contributed by atoms with E-state index in [1.54, 1.807) is 18.2 Å². The Balaban J connectivity index is 2.10. The summed E-state index contributed by atoms with van der Waals surface area (Å²) < 4.78 is 0. The zero-order valence-corrected chi connectivity index (χ0v) is 13.6. The fourth-order valence-electron chi connectivity index (χ4n) is 2.84. The Morgan fingerprint density at radius 2 is 1.84 bits per heavy atom. The number of carbonyl (C=O) groups excluding carboxylic acids is 1. The number of aryl methyl sites for hydroxylation is 1. The Bertz CT molecular complexity index is 908. The van der Waals surface area contributed by atoms with Crippen molar-refractivity contribution in [3.63, 3.8) is 0 Å². The molecule has 1 aliphatic heterocycles. The van der Waals surface area contributed by atoms with Crippen LogP contribution >= 0.6 is 0 Å². The molecular weight excluding hydrogens is 320 g/mol. The molecule has 1 heterocycles. The molecule has 3 rings (SSSR count). The number of aliphatic hydroxyl groups is 1. The van der Waals surface area contributed by atoms with Gasteiger partial charge in [-0.25, -0.2) is 4.79 Å². The van der Waals surface area contributed by atoms with E-state index in [0.29, 0.717) is 16.7 Å². The van der Waals surface area contributed by atoms with Crippen molar-refractivity contribution in [2.24, 2.45) is 0 Å². The summed E-state index contributed by atoms with van der Waals surface area (Å²) in [6.45, 7) is 2.33.